The fourth-order valence-electron chi connectivity index (χ4n) is 8.70. The van der Waals surface area contributed by atoms with E-state index in [1.807, 2.05) is 37.2 Å². The van der Waals surface area contributed by atoms with Crippen molar-refractivity contribution in [3.8, 4) is 23.1 Å². The first-order chi connectivity index (χ1) is 24.2. The number of rotatable bonds is 8. The van der Waals surface area contributed by atoms with Gasteiger partial charge in [0.15, 0.2) is 5.82 Å². The summed E-state index contributed by atoms with van der Waals surface area (Å²) in [6, 6.07) is 13.6. The van der Waals surface area contributed by atoms with Crippen LogP contribution < -0.4 is 10.1 Å². The predicted molar refractivity (Wildman–Crippen MR) is 190 cm³/mol. The number of fused-ring (bicyclic) bond motifs is 4. The van der Waals surface area contributed by atoms with Crippen LogP contribution in [0, 0.1) is 35.9 Å². The molecular formula is C38H36Cl2FN7O2. The maximum Gasteiger partial charge on any atom is 0.233 e. The van der Waals surface area contributed by atoms with E-state index in [0.29, 0.717) is 64.0 Å². The topological polar surface area (TPSA) is 101 Å². The van der Waals surface area contributed by atoms with Crippen molar-refractivity contribution < 1.29 is 13.9 Å². The molecular weight excluding hydrogens is 676 g/mol. The molecule has 5 aromatic rings. The van der Waals surface area contributed by atoms with Crippen molar-refractivity contribution in [2.24, 2.45) is 18.9 Å². The Labute approximate surface area is 298 Å². The first kappa shape index (κ1) is 31.8. The highest BCUT2D eigenvalue weighted by atomic mass is 35.5. The summed E-state index contributed by atoms with van der Waals surface area (Å²) >= 11 is 13.1. The summed E-state index contributed by atoms with van der Waals surface area (Å²) in [6.45, 7) is 3.31. The minimum atomic E-state index is -0.483. The van der Waals surface area contributed by atoms with Crippen molar-refractivity contribution in [1.29, 1.82) is 5.26 Å². The van der Waals surface area contributed by atoms with Gasteiger partial charge in [0.05, 0.1) is 40.3 Å². The summed E-state index contributed by atoms with van der Waals surface area (Å²) < 4.78 is 27.6. The number of halogens is 3. The molecule has 6 heterocycles. The summed E-state index contributed by atoms with van der Waals surface area (Å²) in [7, 11) is 1.86. The lowest BCUT2D eigenvalue weighted by atomic mass is 9.79. The number of benzene rings is 2. The van der Waals surface area contributed by atoms with Crippen LogP contribution in [0.3, 0.4) is 0 Å². The SMILES string of the molecule is Cc1nc2c(F)c(-c3cccc(Cl)c3Cl)c(CCC#N)cc2c2c1cc([C@H]1C[C@H](Oc3ccn(C)n3)CN1C(=O)C1CC1)n2[C@H]1[C@H]2CN[C@@H]1C2. The summed E-state index contributed by atoms with van der Waals surface area (Å²) in [5.41, 5.74) is 4.37. The maximum absolute atomic E-state index is 17.1. The van der Waals surface area contributed by atoms with Gasteiger partial charge in [-0.3, -0.25) is 9.48 Å². The van der Waals surface area contributed by atoms with Gasteiger partial charge in [-0.2, -0.15) is 5.26 Å². The molecule has 3 saturated heterocycles. The van der Waals surface area contributed by atoms with Crippen molar-refractivity contribution in [1.82, 2.24) is 29.5 Å². The molecule has 2 saturated carbocycles. The molecule has 10 rings (SSSR count). The third-order valence-electron chi connectivity index (χ3n) is 11.2. The highest BCUT2D eigenvalue weighted by molar-refractivity contribution is 6.43. The molecule has 5 aliphatic rings. The molecule has 50 heavy (non-hydrogen) atoms. The van der Waals surface area contributed by atoms with E-state index >= 15 is 4.39 Å². The molecule has 0 spiro atoms. The molecule has 2 bridgehead atoms. The van der Waals surface area contributed by atoms with E-state index in [1.54, 1.807) is 22.9 Å². The van der Waals surface area contributed by atoms with Gasteiger partial charge in [-0.25, -0.2) is 9.37 Å². The smallest absolute Gasteiger partial charge is 0.233 e. The molecule has 256 valence electrons. The second-order valence-corrected chi connectivity index (χ2v) is 15.1. The van der Waals surface area contributed by atoms with Crippen LogP contribution in [-0.4, -0.2) is 55.4 Å². The van der Waals surface area contributed by atoms with E-state index in [2.05, 4.69) is 27.1 Å². The van der Waals surface area contributed by atoms with Gasteiger partial charge < -0.3 is 19.5 Å². The lowest BCUT2D eigenvalue weighted by Gasteiger charge is -2.39. The third kappa shape index (κ3) is 5.00. The number of amides is 1. The predicted octanol–water partition coefficient (Wildman–Crippen LogP) is 7.46. The molecule has 2 aliphatic carbocycles. The van der Waals surface area contributed by atoms with Crippen LogP contribution in [0.4, 0.5) is 4.39 Å². The summed E-state index contributed by atoms with van der Waals surface area (Å²) in [5.74, 6) is 0.689. The molecule has 5 fully saturated rings. The second kappa shape index (κ2) is 12.0. The maximum atomic E-state index is 17.1. The lowest BCUT2D eigenvalue weighted by Crippen LogP contribution is -2.41. The van der Waals surface area contributed by atoms with Gasteiger partial charge in [0, 0.05) is 83.9 Å². The number of aryl methyl sites for hydroxylation is 3. The Kier molecular flexibility index (Phi) is 7.61. The molecule has 1 amide bonds. The van der Waals surface area contributed by atoms with Crippen LogP contribution in [0.2, 0.25) is 10.0 Å². The number of nitrogens with zero attached hydrogens (tertiary/aromatic N) is 6. The molecule has 2 aromatic carbocycles. The van der Waals surface area contributed by atoms with Crippen LogP contribution in [-0.2, 0) is 18.3 Å². The van der Waals surface area contributed by atoms with Gasteiger partial charge in [-0.15, -0.1) is 5.10 Å². The van der Waals surface area contributed by atoms with Gasteiger partial charge in [-0.1, -0.05) is 35.3 Å². The number of ether oxygens (including phenoxy) is 1. The molecule has 1 N–H and O–H groups in total. The van der Waals surface area contributed by atoms with E-state index in [0.717, 1.165) is 42.4 Å². The minimum Gasteiger partial charge on any atom is -0.471 e. The molecule has 3 aromatic heterocycles. The highest BCUT2D eigenvalue weighted by Crippen LogP contribution is 2.51. The number of nitriles is 1. The second-order valence-electron chi connectivity index (χ2n) is 14.4. The van der Waals surface area contributed by atoms with Crippen LogP contribution in [0.1, 0.15) is 61.1 Å². The number of aromatic nitrogens is 4. The number of carbonyl (C=O) groups excluding carboxylic acids is 1. The lowest BCUT2D eigenvalue weighted by molar-refractivity contribution is -0.133. The van der Waals surface area contributed by atoms with Crippen LogP contribution in [0.15, 0.2) is 42.6 Å². The number of carbonyl (C=O) groups is 1. The van der Waals surface area contributed by atoms with E-state index in [1.165, 1.54) is 0 Å². The summed E-state index contributed by atoms with van der Waals surface area (Å²) in [4.78, 5) is 20.9. The Balaban J connectivity index is 1.27. The minimum absolute atomic E-state index is 0.0447. The molecule has 9 nitrogen and oxygen atoms in total. The van der Waals surface area contributed by atoms with Gasteiger partial charge >= 0.3 is 0 Å². The van der Waals surface area contributed by atoms with E-state index in [-0.39, 0.29) is 53.0 Å². The van der Waals surface area contributed by atoms with Gasteiger partial charge in [0.2, 0.25) is 11.8 Å². The van der Waals surface area contributed by atoms with Gasteiger partial charge in [-0.05, 0) is 62.3 Å². The zero-order chi connectivity index (χ0) is 34.4. The molecule has 12 heteroatoms. The van der Waals surface area contributed by atoms with Crippen molar-refractivity contribution in [2.45, 2.75) is 69.7 Å². The fourth-order valence-corrected chi connectivity index (χ4v) is 9.09. The summed E-state index contributed by atoms with van der Waals surface area (Å²) in [6.07, 6.45) is 5.67. The van der Waals surface area contributed by atoms with Crippen molar-refractivity contribution in [3.63, 3.8) is 0 Å². The number of hydrogen-bond donors (Lipinski definition) is 1. The van der Waals surface area contributed by atoms with Crippen molar-refractivity contribution in [3.05, 3.63) is 75.4 Å². The Bertz CT molecular complexity index is 2240. The quantitative estimate of drug-likeness (QED) is 0.179. The number of likely N-dealkylation sites (tertiary alicyclic amines) is 1. The van der Waals surface area contributed by atoms with Gasteiger partial charge in [0.1, 0.15) is 11.6 Å². The highest BCUT2D eigenvalue weighted by Gasteiger charge is 2.51. The van der Waals surface area contributed by atoms with Crippen LogP contribution in [0.25, 0.3) is 32.9 Å². The third-order valence-corrected chi connectivity index (χ3v) is 12.0. The molecule has 0 radical (unpaired) electrons. The first-order valence-corrected chi connectivity index (χ1v) is 18.2. The number of pyridine rings is 1. The van der Waals surface area contributed by atoms with Gasteiger partial charge in [0.25, 0.3) is 0 Å². The zero-order valence-corrected chi connectivity index (χ0v) is 29.3. The Morgan fingerprint density at radius 3 is 2.72 bits per heavy atom. The average molecular weight is 713 g/mol. The van der Waals surface area contributed by atoms with Crippen LogP contribution in [0.5, 0.6) is 5.88 Å². The largest absolute Gasteiger partial charge is 0.471 e. The average Bonchev–Trinajstić information content (AvgIpc) is 3.52. The number of hydrogen-bond acceptors (Lipinski definition) is 6. The van der Waals surface area contributed by atoms with E-state index in [4.69, 9.17) is 32.9 Å². The van der Waals surface area contributed by atoms with Crippen molar-refractivity contribution >= 4 is 50.9 Å². The van der Waals surface area contributed by atoms with E-state index in [9.17, 15) is 10.1 Å². The molecule has 0 unspecified atom stereocenters. The van der Waals surface area contributed by atoms with Crippen molar-refractivity contribution in [2.75, 3.05) is 13.1 Å². The molecule has 5 atom stereocenters. The summed E-state index contributed by atoms with van der Waals surface area (Å²) in [5, 5.41) is 19.9. The normalized spacial score (nSPS) is 24.2. The monoisotopic (exact) mass is 711 g/mol. The Morgan fingerprint density at radius 1 is 1.18 bits per heavy atom. The Hall–Kier alpha value is -4.17. The zero-order valence-electron chi connectivity index (χ0n) is 27.8. The van der Waals surface area contributed by atoms with E-state index < -0.39 is 5.82 Å². The number of nitrogens with one attached hydrogen (secondary N) is 1. The standard InChI is InChI=1S/C38H36Cl2FN7O2/c1-19-25-16-30(29-15-23(50-31-10-12-46(2)45-31)18-47(29)38(49)20-8-9-20)48(36-22-14-28(36)43-17-22)37(25)26-13-21(5-4-11-42)32(34(41)35(26)44-19)24-6-3-7-27(39)33(24)40/h3,6-7,10,12-13,16,20,22-23,28-29,36,43H,4-5,8-9,14-15,17-18H2,1-2H3/t22-,23+,28-,29-,36+/m1/s1. The van der Waals surface area contributed by atoms with Crippen LogP contribution >= 0.6 is 23.2 Å². The Morgan fingerprint density at radius 2 is 2.02 bits per heavy atom. The molecule has 3 aliphatic heterocycles. The first-order valence-electron chi connectivity index (χ1n) is 17.4. The fraction of sp³-hybridized carbons (Fsp3) is 0.421.